The summed E-state index contributed by atoms with van der Waals surface area (Å²) >= 11 is 0. The van der Waals surface area contributed by atoms with Gasteiger partial charge in [0.1, 0.15) is 29.0 Å². The molecule has 8 nitrogen and oxygen atoms in total. The summed E-state index contributed by atoms with van der Waals surface area (Å²) in [6.45, 7) is 9.07. The third-order valence-electron chi connectivity index (χ3n) is 5.67. The van der Waals surface area contributed by atoms with Crippen molar-refractivity contribution in [3.8, 4) is 6.07 Å². The molecule has 2 aromatic heterocycles. The fourth-order valence-corrected chi connectivity index (χ4v) is 3.77. The fraction of sp³-hybridized carbons (Fsp3) is 0.565. The van der Waals surface area contributed by atoms with Gasteiger partial charge in [-0.2, -0.15) is 5.26 Å². The van der Waals surface area contributed by atoms with Gasteiger partial charge < -0.3 is 20.3 Å². The van der Waals surface area contributed by atoms with Crippen molar-refractivity contribution in [3.05, 3.63) is 24.0 Å². The van der Waals surface area contributed by atoms with E-state index in [1.54, 1.807) is 17.2 Å². The third kappa shape index (κ3) is 5.16. The maximum absolute atomic E-state index is 12.4. The highest BCUT2D eigenvalue weighted by molar-refractivity contribution is 5.94. The first-order chi connectivity index (χ1) is 14.6. The van der Waals surface area contributed by atoms with Crippen LogP contribution in [0.3, 0.4) is 0 Å². The summed E-state index contributed by atoms with van der Waals surface area (Å²) in [5, 5.41) is 18.1. The van der Waals surface area contributed by atoms with E-state index in [0.29, 0.717) is 18.8 Å². The number of piperidine rings is 1. The molecule has 1 amide bonds. The number of carbonyl (C=O) groups is 1. The number of hydrogen-bond acceptors (Lipinski definition) is 7. The minimum absolute atomic E-state index is 0.0438. The van der Waals surface area contributed by atoms with Gasteiger partial charge in [-0.25, -0.2) is 14.8 Å². The number of anilines is 2. The number of hydrogen-bond donors (Lipinski definition) is 2. The zero-order chi connectivity index (χ0) is 22.2. The van der Waals surface area contributed by atoms with Crippen LogP contribution in [0.5, 0.6) is 0 Å². The van der Waals surface area contributed by atoms with Crippen LogP contribution in [-0.2, 0) is 4.74 Å². The molecule has 8 heteroatoms. The Hall–Kier alpha value is -3.08. The van der Waals surface area contributed by atoms with Crippen molar-refractivity contribution in [2.45, 2.75) is 70.6 Å². The molecule has 0 unspecified atom stereocenters. The molecule has 2 fully saturated rings. The molecule has 0 bridgehead atoms. The molecule has 2 aromatic rings. The van der Waals surface area contributed by atoms with Crippen molar-refractivity contribution in [2.75, 3.05) is 23.7 Å². The van der Waals surface area contributed by atoms with E-state index in [9.17, 15) is 10.1 Å². The molecule has 0 radical (unpaired) electrons. The quantitative estimate of drug-likeness (QED) is 0.758. The number of nitrogens with zero attached hydrogens (tertiary/aromatic N) is 4. The van der Waals surface area contributed by atoms with Gasteiger partial charge in [0.05, 0.1) is 0 Å². The molecular formula is C23H30N6O2. The normalized spacial score (nSPS) is 20.1. The first-order valence-corrected chi connectivity index (χ1v) is 10.9. The first kappa shape index (κ1) is 21.2. The Balaban J connectivity index is 1.52. The van der Waals surface area contributed by atoms with Gasteiger partial charge in [0, 0.05) is 41.6 Å². The summed E-state index contributed by atoms with van der Waals surface area (Å²) in [7, 11) is 0. The van der Waals surface area contributed by atoms with Gasteiger partial charge in [0.25, 0.3) is 0 Å². The average Bonchev–Trinajstić information content (AvgIpc) is 3.43. The Morgan fingerprint density at radius 2 is 2.13 bits per heavy atom. The second-order valence-corrected chi connectivity index (χ2v) is 9.85. The van der Waals surface area contributed by atoms with Crippen LogP contribution >= 0.6 is 0 Å². The van der Waals surface area contributed by atoms with Gasteiger partial charge in [0.2, 0.25) is 0 Å². The molecule has 4 rings (SSSR count). The molecule has 0 spiro atoms. The fourth-order valence-electron chi connectivity index (χ4n) is 3.77. The molecule has 31 heavy (non-hydrogen) atoms. The Morgan fingerprint density at radius 3 is 2.81 bits per heavy atom. The summed E-state index contributed by atoms with van der Waals surface area (Å²) in [4.78, 5) is 23.3. The van der Waals surface area contributed by atoms with Crippen LogP contribution in [0.25, 0.3) is 10.8 Å². The summed E-state index contributed by atoms with van der Waals surface area (Å²) in [5.74, 6) is 1.46. The Kier molecular flexibility index (Phi) is 5.38. The van der Waals surface area contributed by atoms with E-state index in [1.165, 1.54) is 0 Å². The Bertz CT molecular complexity index is 1030. The average molecular weight is 423 g/mol. The number of nitriles is 1. The Morgan fingerprint density at radius 1 is 1.35 bits per heavy atom. The van der Waals surface area contributed by atoms with Gasteiger partial charge in [0.15, 0.2) is 0 Å². The molecule has 1 saturated carbocycles. The summed E-state index contributed by atoms with van der Waals surface area (Å²) in [5.41, 5.74) is -0.0850. The molecule has 1 saturated heterocycles. The molecule has 2 aliphatic rings. The third-order valence-corrected chi connectivity index (χ3v) is 5.67. The predicted molar refractivity (Wildman–Crippen MR) is 120 cm³/mol. The van der Waals surface area contributed by atoms with Crippen LogP contribution in [0.1, 0.15) is 59.1 Å². The van der Waals surface area contributed by atoms with Gasteiger partial charge in [-0.1, -0.05) is 0 Å². The molecule has 164 valence electrons. The minimum atomic E-state index is -0.506. The van der Waals surface area contributed by atoms with Crippen molar-refractivity contribution in [2.24, 2.45) is 0 Å². The summed E-state index contributed by atoms with van der Waals surface area (Å²) in [6, 6.07) is 5.96. The molecule has 2 N–H and O–H groups in total. The lowest BCUT2D eigenvalue weighted by atomic mass is 10.1. The second kappa shape index (κ2) is 7.88. The number of pyridine rings is 2. The molecule has 1 atom stereocenters. The van der Waals surface area contributed by atoms with E-state index < -0.39 is 5.60 Å². The molecule has 3 heterocycles. The van der Waals surface area contributed by atoms with Crippen LogP contribution in [0, 0.1) is 11.3 Å². The largest absolute Gasteiger partial charge is 0.444 e. The van der Waals surface area contributed by atoms with E-state index in [1.807, 2.05) is 26.8 Å². The van der Waals surface area contributed by atoms with Crippen LogP contribution in [0.4, 0.5) is 16.4 Å². The lowest BCUT2D eigenvalue weighted by Gasteiger charge is -2.34. The number of carbonyl (C=O) groups excluding carboxylic acids is 1. The molecular weight excluding hydrogens is 392 g/mol. The summed E-state index contributed by atoms with van der Waals surface area (Å²) < 4.78 is 5.52. The number of likely N-dealkylation sites (tertiary alicyclic amines) is 1. The predicted octanol–water partition coefficient (Wildman–Crippen LogP) is 4.28. The lowest BCUT2D eigenvalue weighted by Crippen LogP contribution is -2.47. The smallest absolute Gasteiger partial charge is 0.410 e. The maximum atomic E-state index is 12.4. The SMILES string of the molecule is CC1(Nc2nc(C#N)cc3cnc(N[C@H]4CCCN(C(=O)OC(C)(C)C)C4)cc23)CC1. The van der Waals surface area contributed by atoms with Crippen LogP contribution in [0.2, 0.25) is 0 Å². The second-order valence-electron chi connectivity index (χ2n) is 9.85. The minimum Gasteiger partial charge on any atom is -0.444 e. The van der Waals surface area contributed by atoms with E-state index in [4.69, 9.17) is 4.74 Å². The highest BCUT2D eigenvalue weighted by Crippen LogP contribution is 2.39. The van der Waals surface area contributed by atoms with Crippen LogP contribution < -0.4 is 10.6 Å². The summed E-state index contributed by atoms with van der Waals surface area (Å²) in [6.07, 6.45) is 5.53. The number of aromatic nitrogens is 2. The highest BCUT2D eigenvalue weighted by Gasteiger charge is 2.38. The van der Waals surface area contributed by atoms with Gasteiger partial charge in [-0.15, -0.1) is 0 Å². The van der Waals surface area contributed by atoms with Crippen LogP contribution in [0.15, 0.2) is 18.3 Å². The molecule has 1 aliphatic heterocycles. The van der Waals surface area contributed by atoms with E-state index in [2.05, 4.69) is 33.6 Å². The molecule has 0 aromatic carbocycles. The van der Waals surface area contributed by atoms with E-state index >= 15 is 0 Å². The standard InChI is InChI=1S/C23H30N6O2/c1-22(2,3)31-21(30)29-9-5-6-16(14-29)26-19-11-18-15(13-25-19)10-17(12-24)27-20(18)28-23(4)7-8-23/h10-11,13,16H,5-9,14H2,1-4H3,(H,25,26)(H,27,28)/t16-/m0/s1. The lowest BCUT2D eigenvalue weighted by molar-refractivity contribution is 0.0206. The van der Waals surface area contributed by atoms with Crippen molar-refractivity contribution in [1.29, 1.82) is 5.26 Å². The number of amides is 1. The zero-order valence-corrected chi connectivity index (χ0v) is 18.7. The number of fused-ring (bicyclic) bond motifs is 1. The molecule has 1 aliphatic carbocycles. The first-order valence-electron chi connectivity index (χ1n) is 10.9. The van der Waals surface area contributed by atoms with Crippen molar-refractivity contribution in [1.82, 2.24) is 14.9 Å². The van der Waals surface area contributed by atoms with Gasteiger partial charge >= 0.3 is 6.09 Å². The van der Waals surface area contributed by atoms with Gasteiger partial charge in [-0.3, -0.25) is 0 Å². The van der Waals surface area contributed by atoms with E-state index in [0.717, 1.165) is 48.1 Å². The maximum Gasteiger partial charge on any atom is 0.410 e. The van der Waals surface area contributed by atoms with Crippen molar-refractivity contribution < 1.29 is 9.53 Å². The van der Waals surface area contributed by atoms with E-state index in [-0.39, 0.29) is 17.7 Å². The Labute approximate surface area is 183 Å². The number of rotatable bonds is 4. The van der Waals surface area contributed by atoms with Crippen molar-refractivity contribution in [3.63, 3.8) is 0 Å². The highest BCUT2D eigenvalue weighted by atomic mass is 16.6. The zero-order valence-electron chi connectivity index (χ0n) is 18.7. The van der Waals surface area contributed by atoms with Gasteiger partial charge in [-0.05, 0) is 65.5 Å². The number of nitrogens with one attached hydrogen (secondary N) is 2. The topological polar surface area (TPSA) is 103 Å². The van der Waals surface area contributed by atoms with Crippen LogP contribution in [-0.4, -0.2) is 51.2 Å². The van der Waals surface area contributed by atoms with Crippen molar-refractivity contribution >= 4 is 28.5 Å². The number of ether oxygens (including phenoxy) is 1. The monoisotopic (exact) mass is 422 g/mol.